The van der Waals surface area contributed by atoms with Gasteiger partial charge in [0.2, 0.25) is 5.91 Å². The van der Waals surface area contributed by atoms with E-state index in [0.29, 0.717) is 18.5 Å². The van der Waals surface area contributed by atoms with Crippen LogP contribution in [-0.4, -0.2) is 34.0 Å². The lowest BCUT2D eigenvalue weighted by Crippen LogP contribution is -2.48. The maximum absolute atomic E-state index is 14.1. The molecule has 6 nitrogen and oxygen atoms in total. The molecule has 1 atom stereocenters. The van der Waals surface area contributed by atoms with Crippen LogP contribution < -0.4 is 10.2 Å². The van der Waals surface area contributed by atoms with Gasteiger partial charge in [-0.15, -0.1) is 0 Å². The molecule has 2 heterocycles. The lowest BCUT2D eigenvalue weighted by atomic mass is 9.97. The Bertz CT molecular complexity index is 1530. The van der Waals surface area contributed by atoms with Gasteiger partial charge in [0.1, 0.15) is 12.6 Å². The monoisotopic (exact) mass is 530 g/mol. The maximum Gasteiger partial charge on any atom is 0.418 e. The van der Waals surface area contributed by atoms with Gasteiger partial charge in [0.15, 0.2) is 0 Å². The maximum atomic E-state index is 14.1. The lowest BCUT2D eigenvalue weighted by molar-refractivity contribution is -0.137. The number of nitrogens with one attached hydrogen (secondary N) is 1. The number of alkyl halides is 3. The minimum atomic E-state index is -4.63. The third-order valence-corrected chi connectivity index (χ3v) is 7.13. The number of hydrogen-bond acceptors (Lipinski definition) is 2. The molecule has 0 radical (unpaired) electrons. The van der Waals surface area contributed by atoms with Gasteiger partial charge in [-0.3, -0.25) is 9.69 Å². The average molecular weight is 531 g/mol. The SMILES string of the molecule is O=C(Nc1ccccc1C(F)(F)F)N(CC(=O)N1c2ccccc2-n2cccc2C1c1ccccc1)C1CC1. The highest BCUT2D eigenvalue weighted by Gasteiger charge is 2.41. The summed E-state index contributed by atoms with van der Waals surface area (Å²) in [4.78, 5) is 30.5. The fraction of sp³-hybridized carbons (Fsp3) is 0.200. The molecule has 2 aliphatic rings. The highest BCUT2D eigenvalue weighted by molar-refractivity contribution is 6.01. The Balaban J connectivity index is 1.34. The van der Waals surface area contributed by atoms with Gasteiger partial charge in [0.05, 0.1) is 28.3 Å². The Labute approximate surface area is 223 Å². The predicted octanol–water partition coefficient (Wildman–Crippen LogP) is 6.63. The molecule has 0 saturated heterocycles. The Kier molecular flexibility index (Phi) is 6.13. The normalized spacial score (nSPS) is 16.3. The van der Waals surface area contributed by atoms with E-state index in [1.54, 1.807) is 4.90 Å². The molecule has 1 unspecified atom stereocenters. The summed E-state index contributed by atoms with van der Waals surface area (Å²) in [5.74, 6) is -0.324. The highest BCUT2D eigenvalue weighted by Crippen LogP contribution is 2.42. The van der Waals surface area contributed by atoms with Crippen LogP contribution in [0.2, 0.25) is 0 Å². The van der Waals surface area contributed by atoms with Crippen LogP contribution in [0.5, 0.6) is 0 Å². The zero-order valence-corrected chi connectivity index (χ0v) is 20.8. The summed E-state index contributed by atoms with van der Waals surface area (Å²) in [6.07, 6.45) is -1.31. The first-order chi connectivity index (χ1) is 18.8. The average Bonchev–Trinajstić information content (AvgIpc) is 3.66. The number of hydrogen-bond donors (Lipinski definition) is 1. The van der Waals surface area contributed by atoms with Crippen LogP contribution in [0.1, 0.15) is 35.7 Å². The van der Waals surface area contributed by atoms with Crippen LogP contribution in [0, 0.1) is 0 Å². The van der Waals surface area contributed by atoms with Gasteiger partial charge in [0.25, 0.3) is 0 Å². The quantitative estimate of drug-likeness (QED) is 0.315. The standard InChI is InChI=1S/C30H25F3N4O2/c31-30(32,33)22-11-4-5-12-23(22)34-29(39)36(21-16-17-21)19-27(38)37-25-14-7-6-13-24(25)35-18-8-15-26(35)28(37)20-9-2-1-3-10-20/h1-15,18,21,28H,16-17,19H2,(H,34,39). The Morgan fingerprint density at radius 2 is 1.51 bits per heavy atom. The van der Waals surface area contributed by atoms with Crippen molar-refractivity contribution >= 4 is 23.3 Å². The summed E-state index contributed by atoms with van der Waals surface area (Å²) < 4.78 is 42.7. The molecule has 0 spiro atoms. The second-order valence-corrected chi connectivity index (χ2v) is 9.70. The number of para-hydroxylation sites is 3. The molecule has 0 bridgehead atoms. The molecule has 9 heteroatoms. The Morgan fingerprint density at radius 3 is 2.23 bits per heavy atom. The van der Waals surface area contributed by atoms with E-state index in [9.17, 15) is 22.8 Å². The molecule has 1 aliphatic heterocycles. The van der Waals surface area contributed by atoms with E-state index in [-0.39, 0.29) is 24.2 Å². The number of carbonyl (C=O) groups excluding carboxylic acids is 2. The lowest BCUT2D eigenvalue weighted by Gasteiger charge is -2.39. The largest absolute Gasteiger partial charge is 0.418 e. The van der Waals surface area contributed by atoms with E-state index < -0.39 is 23.8 Å². The minimum Gasteiger partial charge on any atom is -0.316 e. The number of fused-ring (bicyclic) bond motifs is 3. The van der Waals surface area contributed by atoms with E-state index in [2.05, 4.69) is 9.88 Å². The third-order valence-electron chi connectivity index (χ3n) is 7.13. The molecule has 3 amide bonds. The number of halogens is 3. The van der Waals surface area contributed by atoms with E-state index >= 15 is 0 Å². The van der Waals surface area contributed by atoms with E-state index in [4.69, 9.17) is 0 Å². The van der Waals surface area contributed by atoms with Gasteiger partial charge < -0.3 is 14.8 Å². The number of urea groups is 1. The number of nitrogens with zero attached hydrogens (tertiary/aromatic N) is 3. The van der Waals surface area contributed by atoms with Crippen LogP contribution in [-0.2, 0) is 11.0 Å². The second-order valence-electron chi connectivity index (χ2n) is 9.70. The number of rotatable bonds is 5. The van der Waals surface area contributed by atoms with Crippen LogP contribution in [0.4, 0.5) is 29.3 Å². The molecular formula is C30H25F3N4O2. The van der Waals surface area contributed by atoms with Gasteiger partial charge in [-0.05, 0) is 54.8 Å². The molecule has 1 saturated carbocycles. The summed E-state index contributed by atoms with van der Waals surface area (Å²) >= 11 is 0. The molecule has 1 aromatic heterocycles. The van der Waals surface area contributed by atoms with Gasteiger partial charge in [-0.25, -0.2) is 4.79 Å². The molecular weight excluding hydrogens is 505 g/mol. The van der Waals surface area contributed by atoms with Crippen LogP contribution in [0.25, 0.3) is 5.69 Å². The van der Waals surface area contributed by atoms with Crippen molar-refractivity contribution in [1.29, 1.82) is 0 Å². The number of amides is 3. The summed E-state index contributed by atoms with van der Waals surface area (Å²) in [5, 5.41) is 2.41. The molecule has 198 valence electrons. The molecule has 1 fully saturated rings. The van der Waals surface area contributed by atoms with Crippen molar-refractivity contribution < 1.29 is 22.8 Å². The second kappa shape index (κ2) is 9.65. The number of carbonyl (C=O) groups is 2. The zero-order chi connectivity index (χ0) is 27.1. The first-order valence-corrected chi connectivity index (χ1v) is 12.7. The predicted molar refractivity (Wildman–Crippen MR) is 142 cm³/mol. The molecule has 6 rings (SSSR count). The summed E-state index contributed by atoms with van der Waals surface area (Å²) in [7, 11) is 0. The van der Waals surface area contributed by atoms with E-state index in [1.807, 2.05) is 72.9 Å². The van der Waals surface area contributed by atoms with E-state index in [1.165, 1.54) is 23.1 Å². The fourth-order valence-corrected chi connectivity index (χ4v) is 5.21. The molecule has 39 heavy (non-hydrogen) atoms. The summed E-state index contributed by atoms with van der Waals surface area (Å²) in [6, 6.07) is 24.5. The van der Waals surface area contributed by atoms with Crippen molar-refractivity contribution in [2.45, 2.75) is 31.1 Å². The van der Waals surface area contributed by atoms with Crippen molar-refractivity contribution in [1.82, 2.24) is 9.47 Å². The molecule has 3 aromatic carbocycles. The van der Waals surface area contributed by atoms with Crippen LogP contribution in [0.3, 0.4) is 0 Å². The number of anilines is 2. The first kappa shape index (κ1) is 24.8. The van der Waals surface area contributed by atoms with Gasteiger partial charge in [-0.2, -0.15) is 13.2 Å². The Hall–Kier alpha value is -4.53. The van der Waals surface area contributed by atoms with Gasteiger partial charge >= 0.3 is 12.2 Å². The van der Waals surface area contributed by atoms with Crippen LogP contribution in [0.15, 0.2) is 97.2 Å². The number of benzene rings is 3. The van der Waals surface area contributed by atoms with Gasteiger partial charge in [0, 0.05) is 12.2 Å². The topological polar surface area (TPSA) is 57.6 Å². The minimum absolute atomic E-state index is 0.217. The number of aromatic nitrogens is 1. The first-order valence-electron chi connectivity index (χ1n) is 12.7. The third kappa shape index (κ3) is 4.65. The highest BCUT2D eigenvalue weighted by atomic mass is 19.4. The van der Waals surface area contributed by atoms with Crippen molar-refractivity contribution in [2.24, 2.45) is 0 Å². The van der Waals surface area contributed by atoms with Gasteiger partial charge in [-0.1, -0.05) is 54.6 Å². The molecule has 4 aromatic rings. The summed E-state index contributed by atoms with van der Waals surface area (Å²) in [5.41, 5.74) is 2.06. The fourth-order valence-electron chi connectivity index (χ4n) is 5.21. The van der Waals surface area contributed by atoms with E-state index in [0.717, 1.165) is 23.0 Å². The van der Waals surface area contributed by atoms with Crippen molar-refractivity contribution in [2.75, 3.05) is 16.8 Å². The Morgan fingerprint density at radius 1 is 0.846 bits per heavy atom. The smallest absolute Gasteiger partial charge is 0.316 e. The van der Waals surface area contributed by atoms with Crippen molar-refractivity contribution in [3.8, 4) is 5.69 Å². The molecule has 1 N–H and O–H groups in total. The van der Waals surface area contributed by atoms with Crippen LogP contribution >= 0.6 is 0 Å². The zero-order valence-electron chi connectivity index (χ0n) is 20.8. The van der Waals surface area contributed by atoms with Crippen molar-refractivity contribution in [3.63, 3.8) is 0 Å². The molecule has 1 aliphatic carbocycles. The summed E-state index contributed by atoms with van der Waals surface area (Å²) in [6.45, 7) is -0.275. The van der Waals surface area contributed by atoms with Crippen molar-refractivity contribution in [3.05, 3.63) is 114 Å².